The number of methoxy groups -OCH3 is 1. The van der Waals surface area contributed by atoms with Crippen molar-refractivity contribution in [2.75, 3.05) is 13.7 Å². The van der Waals surface area contributed by atoms with Gasteiger partial charge in [-0.25, -0.2) is 0 Å². The van der Waals surface area contributed by atoms with Gasteiger partial charge in [0.05, 0.1) is 24.4 Å². The number of carbonyl (C=O) groups excluding carboxylic acids is 1. The number of hydrogen-bond donors (Lipinski definition) is 1. The summed E-state index contributed by atoms with van der Waals surface area (Å²) in [6, 6.07) is 0.156. The van der Waals surface area contributed by atoms with Gasteiger partial charge in [0.1, 0.15) is 0 Å². The van der Waals surface area contributed by atoms with Crippen LogP contribution in [0, 0.1) is 5.92 Å². The molecule has 17 heavy (non-hydrogen) atoms. The molecule has 1 heterocycles. The first kappa shape index (κ1) is 12.8. The molecule has 1 aliphatic heterocycles. The first-order chi connectivity index (χ1) is 8.00. The van der Waals surface area contributed by atoms with Gasteiger partial charge in [-0.3, -0.25) is 10.1 Å². The third-order valence-corrected chi connectivity index (χ3v) is 3.75. The van der Waals surface area contributed by atoms with Crippen molar-refractivity contribution in [2.45, 2.75) is 57.8 Å². The van der Waals surface area contributed by atoms with Gasteiger partial charge in [-0.1, -0.05) is 13.8 Å². The Hall–Kier alpha value is -0.610. The van der Waals surface area contributed by atoms with Crippen LogP contribution in [0.3, 0.4) is 0 Å². The highest BCUT2D eigenvalue weighted by atomic mass is 16.5. The fourth-order valence-corrected chi connectivity index (χ4v) is 2.77. The van der Waals surface area contributed by atoms with Gasteiger partial charge >= 0.3 is 0 Å². The standard InChI is InChI=1S/C13H24N2O2/c1-9(2)7-11-14-13(5-6-13)12(16)15(11)10(3)8-17-4/h9-11,14H,5-8H2,1-4H3. The van der Waals surface area contributed by atoms with E-state index in [-0.39, 0.29) is 23.7 Å². The maximum Gasteiger partial charge on any atom is 0.244 e. The van der Waals surface area contributed by atoms with Crippen molar-refractivity contribution in [3.63, 3.8) is 0 Å². The molecule has 2 aliphatic rings. The highest BCUT2D eigenvalue weighted by Gasteiger charge is 2.59. The van der Waals surface area contributed by atoms with Gasteiger partial charge in [-0.05, 0) is 32.1 Å². The lowest BCUT2D eigenvalue weighted by Crippen LogP contribution is -2.45. The summed E-state index contributed by atoms with van der Waals surface area (Å²) in [6.45, 7) is 7.07. The Bertz CT molecular complexity index is 300. The van der Waals surface area contributed by atoms with Crippen LogP contribution in [-0.4, -0.2) is 42.3 Å². The van der Waals surface area contributed by atoms with E-state index in [1.807, 2.05) is 4.90 Å². The summed E-state index contributed by atoms with van der Waals surface area (Å²) in [6.07, 6.45) is 3.20. The summed E-state index contributed by atoms with van der Waals surface area (Å²) in [5.74, 6) is 0.874. The van der Waals surface area contributed by atoms with E-state index in [0.717, 1.165) is 19.3 Å². The Morgan fingerprint density at radius 2 is 2.12 bits per heavy atom. The van der Waals surface area contributed by atoms with Crippen LogP contribution in [0.4, 0.5) is 0 Å². The van der Waals surface area contributed by atoms with E-state index in [0.29, 0.717) is 12.5 Å². The summed E-state index contributed by atoms with van der Waals surface area (Å²) < 4.78 is 5.18. The Labute approximate surface area is 104 Å². The first-order valence-electron chi connectivity index (χ1n) is 6.59. The second-order valence-corrected chi connectivity index (χ2v) is 5.89. The first-order valence-corrected chi connectivity index (χ1v) is 6.59. The number of nitrogens with one attached hydrogen (secondary N) is 1. The summed E-state index contributed by atoms with van der Waals surface area (Å²) in [4.78, 5) is 14.4. The van der Waals surface area contributed by atoms with E-state index in [1.165, 1.54) is 0 Å². The molecule has 1 amide bonds. The van der Waals surface area contributed by atoms with Crippen LogP contribution in [0.1, 0.15) is 40.0 Å². The van der Waals surface area contributed by atoms with E-state index in [2.05, 4.69) is 26.1 Å². The Morgan fingerprint density at radius 1 is 1.47 bits per heavy atom. The molecule has 0 radical (unpaired) electrons. The second kappa shape index (κ2) is 4.58. The van der Waals surface area contributed by atoms with Crippen molar-refractivity contribution in [1.82, 2.24) is 10.2 Å². The van der Waals surface area contributed by atoms with Crippen LogP contribution < -0.4 is 5.32 Å². The molecule has 2 atom stereocenters. The third kappa shape index (κ3) is 2.33. The fraction of sp³-hybridized carbons (Fsp3) is 0.923. The highest BCUT2D eigenvalue weighted by molar-refractivity contribution is 5.92. The number of nitrogens with zero attached hydrogens (tertiary/aromatic N) is 1. The maximum absolute atomic E-state index is 12.4. The molecule has 0 aromatic rings. The lowest BCUT2D eigenvalue weighted by Gasteiger charge is -2.30. The Morgan fingerprint density at radius 3 is 2.59 bits per heavy atom. The molecule has 2 rings (SSSR count). The van der Waals surface area contributed by atoms with Gasteiger partial charge in [0, 0.05) is 7.11 Å². The molecule has 4 nitrogen and oxygen atoms in total. The minimum atomic E-state index is -0.207. The molecular weight excluding hydrogens is 216 g/mol. The Balaban J connectivity index is 2.10. The number of ether oxygens (including phenoxy) is 1. The third-order valence-electron chi connectivity index (χ3n) is 3.75. The van der Waals surface area contributed by atoms with Crippen molar-refractivity contribution in [3.05, 3.63) is 0 Å². The van der Waals surface area contributed by atoms with Gasteiger partial charge < -0.3 is 9.64 Å². The fourth-order valence-electron chi connectivity index (χ4n) is 2.77. The zero-order valence-corrected chi connectivity index (χ0v) is 11.3. The van der Waals surface area contributed by atoms with Crippen molar-refractivity contribution < 1.29 is 9.53 Å². The zero-order chi connectivity index (χ0) is 12.6. The van der Waals surface area contributed by atoms with Crippen molar-refractivity contribution in [1.29, 1.82) is 0 Å². The van der Waals surface area contributed by atoms with Crippen molar-refractivity contribution >= 4 is 5.91 Å². The number of rotatable bonds is 5. The average Bonchev–Trinajstić information content (AvgIpc) is 2.92. The maximum atomic E-state index is 12.4. The molecule has 0 bridgehead atoms. The number of amides is 1. The van der Waals surface area contributed by atoms with Crippen molar-refractivity contribution in [3.8, 4) is 0 Å². The van der Waals surface area contributed by atoms with Gasteiger partial charge in [0.25, 0.3) is 0 Å². The van der Waals surface area contributed by atoms with Gasteiger partial charge in [0.15, 0.2) is 0 Å². The quantitative estimate of drug-likeness (QED) is 0.789. The highest BCUT2D eigenvalue weighted by Crippen LogP contribution is 2.43. The predicted molar refractivity (Wildman–Crippen MR) is 66.5 cm³/mol. The summed E-state index contributed by atoms with van der Waals surface area (Å²) >= 11 is 0. The lowest BCUT2D eigenvalue weighted by molar-refractivity contribution is -0.133. The van der Waals surface area contributed by atoms with Crippen LogP contribution in [0.15, 0.2) is 0 Å². The van der Waals surface area contributed by atoms with E-state index in [1.54, 1.807) is 7.11 Å². The molecule has 1 saturated carbocycles. The second-order valence-electron chi connectivity index (χ2n) is 5.89. The summed E-state index contributed by atoms with van der Waals surface area (Å²) in [7, 11) is 1.69. The van der Waals surface area contributed by atoms with Crippen LogP contribution in [-0.2, 0) is 9.53 Å². The smallest absolute Gasteiger partial charge is 0.244 e. The molecule has 1 saturated heterocycles. The summed E-state index contributed by atoms with van der Waals surface area (Å²) in [5.41, 5.74) is -0.207. The number of carbonyl (C=O) groups is 1. The molecular formula is C13H24N2O2. The molecule has 1 spiro atoms. The van der Waals surface area contributed by atoms with E-state index in [4.69, 9.17) is 4.74 Å². The molecule has 1 N–H and O–H groups in total. The summed E-state index contributed by atoms with van der Waals surface area (Å²) in [5, 5.41) is 3.53. The van der Waals surface area contributed by atoms with E-state index < -0.39 is 0 Å². The predicted octanol–water partition coefficient (Wildman–Crippen LogP) is 1.36. The largest absolute Gasteiger partial charge is 0.383 e. The SMILES string of the molecule is COCC(C)N1C(=O)C2(CC2)NC1CC(C)C. The van der Waals surface area contributed by atoms with Crippen LogP contribution in [0.5, 0.6) is 0 Å². The normalized spacial score (nSPS) is 28.2. The average molecular weight is 240 g/mol. The van der Waals surface area contributed by atoms with Gasteiger partial charge in [-0.2, -0.15) is 0 Å². The minimum absolute atomic E-state index is 0.156. The molecule has 2 fully saturated rings. The molecule has 4 heteroatoms. The monoisotopic (exact) mass is 240 g/mol. The molecule has 0 aromatic carbocycles. The van der Waals surface area contributed by atoms with Gasteiger partial charge in [-0.15, -0.1) is 0 Å². The van der Waals surface area contributed by atoms with Gasteiger partial charge in [0.2, 0.25) is 5.91 Å². The minimum Gasteiger partial charge on any atom is -0.383 e. The molecule has 2 unspecified atom stereocenters. The molecule has 98 valence electrons. The van der Waals surface area contributed by atoms with E-state index >= 15 is 0 Å². The van der Waals surface area contributed by atoms with Crippen molar-refractivity contribution in [2.24, 2.45) is 5.92 Å². The molecule has 1 aliphatic carbocycles. The Kier molecular flexibility index (Phi) is 3.46. The topological polar surface area (TPSA) is 41.6 Å². The van der Waals surface area contributed by atoms with Crippen LogP contribution in [0.25, 0.3) is 0 Å². The lowest BCUT2D eigenvalue weighted by atomic mass is 10.1. The van der Waals surface area contributed by atoms with Crippen LogP contribution >= 0.6 is 0 Å². The zero-order valence-electron chi connectivity index (χ0n) is 11.3. The van der Waals surface area contributed by atoms with Crippen LogP contribution in [0.2, 0.25) is 0 Å². The number of hydrogen-bond acceptors (Lipinski definition) is 3. The van der Waals surface area contributed by atoms with E-state index in [9.17, 15) is 4.79 Å². The molecule has 0 aromatic heterocycles.